The molecule has 0 aliphatic carbocycles. The number of aromatic nitrogens is 3. The highest BCUT2D eigenvalue weighted by atomic mass is 32.2. The second-order valence-corrected chi connectivity index (χ2v) is 5.66. The summed E-state index contributed by atoms with van der Waals surface area (Å²) in [5.41, 5.74) is 1.53. The molecule has 2 aromatic heterocycles. The van der Waals surface area contributed by atoms with Gasteiger partial charge in [-0.2, -0.15) is 0 Å². The van der Waals surface area contributed by atoms with Gasteiger partial charge in [-0.25, -0.2) is 18.1 Å². The minimum absolute atomic E-state index is 0.0626. The maximum Gasteiger partial charge on any atom is 0.257 e. The lowest BCUT2D eigenvalue weighted by Crippen LogP contribution is -2.24. The second kappa shape index (κ2) is 4.87. The molecule has 96 valence electrons. The number of H-pyrrole nitrogens is 1. The summed E-state index contributed by atoms with van der Waals surface area (Å²) in [5.74, 6) is 0.559. The van der Waals surface area contributed by atoms with Gasteiger partial charge in [0.15, 0.2) is 5.03 Å². The Balaban J connectivity index is 2.10. The molecule has 7 heteroatoms. The molecule has 0 spiro atoms. The molecule has 0 amide bonds. The highest BCUT2D eigenvalue weighted by molar-refractivity contribution is 7.89. The Morgan fingerprint density at radius 1 is 1.33 bits per heavy atom. The third-order valence-corrected chi connectivity index (χ3v) is 3.67. The molecular weight excluding hydrogens is 252 g/mol. The van der Waals surface area contributed by atoms with E-state index in [9.17, 15) is 8.42 Å². The SMILES string of the molecule is Cc1cccc(CNS(=O)(=O)c2cnc(C)[nH]2)n1. The molecule has 0 aliphatic heterocycles. The first kappa shape index (κ1) is 12.7. The molecule has 0 aliphatic rings. The maximum atomic E-state index is 11.9. The standard InChI is InChI=1S/C11H14N4O2S/c1-8-4-3-5-10(14-8)6-13-18(16,17)11-7-12-9(2)15-11/h3-5,7,13H,6H2,1-2H3,(H,12,15). The first-order valence-electron chi connectivity index (χ1n) is 5.41. The minimum atomic E-state index is -3.56. The van der Waals surface area contributed by atoms with Crippen LogP contribution in [0.1, 0.15) is 17.2 Å². The van der Waals surface area contributed by atoms with E-state index >= 15 is 0 Å². The zero-order valence-electron chi connectivity index (χ0n) is 10.1. The van der Waals surface area contributed by atoms with Crippen molar-refractivity contribution in [2.75, 3.05) is 0 Å². The molecule has 2 aromatic rings. The number of hydrogen-bond donors (Lipinski definition) is 2. The number of imidazole rings is 1. The topological polar surface area (TPSA) is 87.7 Å². The van der Waals surface area contributed by atoms with E-state index < -0.39 is 10.0 Å². The van der Waals surface area contributed by atoms with Crippen molar-refractivity contribution in [1.82, 2.24) is 19.7 Å². The highest BCUT2D eigenvalue weighted by Crippen LogP contribution is 2.06. The van der Waals surface area contributed by atoms with E-state index in [1.807, 2.05) is 19.1 Å². The average molecular weight is 266 g/mol. The summed E-state index contributed by atoms with van der Waals surface area (Å²) >= 11 is 0. The van der Waals surface area contributed by atoms with Gasteiger partial charge in [-0.05, 0) is 26.0 Å². The van der Waals surface area contributed by atoms with Gasteiger partial charge in [0, 0.05) is 5.69 Å². The van der Waals surface area contributed by atoms with Crippen molar-refractivity contribution in [3.05, 3.63) is 41.6 Å². The molecule has 0 saturated carbocycles. The second-order valence-electron chi connectivity index (χ2n) is 3.93. The summed E-state index contributed by atoms with van der Waals surface area (Å²) in [5, 5.41) is 0.0626. The quantitative estimate of drug-likeness (QED) is 0.860. The molecule has 0 fully saturated rings. The van der Waals surface area contributed by atoms with Crippen molar-refractivity contribution in [3.63, 3.8) is 0 Å². The number of aryl methyl sites for hydroxylation is 2. The Hall–Kier alpha value is -1.73. The van der Waals surface area contributed by atoms with Gasteiger partial charge >= 0.3 is 0 Å². The lowest BCUT2D eigenvalue weighted by Gasteiger charge is -2.04. The number of nitrogens with zero attached hydrogens (tertiary/aromatic N) is 2. The molecule has 6 nitrogen and oxygen atoms in total. The summed E-state index contributed by atoms with van der Waals surface area (Å²) in [7, 11) is -3.56. The van der Waals surface area contributed by atoms with Gasteiger partial charge in [0.25, 0.3) is 10.0 Å². The van der Waals surface area contributed by atoms with Crippen molar-refractivity contribution >= 4 is 10.0 Å². The first-order chi connectivity index (χ1) is 8.47. The first-order valence-corrected chi connectivity index (χ1v) is 6.89. The van der Waals surface area contributed by atoms with Crippen molar-refractivity contribution in [2.45, 2.75) is 25.4 Å². The molecule has 0 unspecified atom stereocenters. The largest absolute Gasteiger partial charge is 0.332 e. The molecule has 0 aromatic carbocycles. The summed E-state index contributed by atoms with van der Waals surface area (Å²) < 4.78 is 26.3. The molecule has 18 heavy (non-hydrogen) atoms. The van der Waals surface area contributed by atoms with Crippen LogP contribution in [0.5, 0.6) is 0 Å². The Morgan fingerprint density at radius 2 is 2.11 bits per heavy atom. The van der Waals surface area contributed by atoms with Crippen LogP contribution in [0.3, 0.4) is 0 Å². The van der Waals surface area contributed by atoms with Crippen molar-refractivity contribution in [2.24, 2.45) is 0 Å². The van der Waals surface area contributed by atoms with Crippen LogP contribution >= 0.6 is 0 Å². The number of pyridine rings is 1. The van der Waals surface area contributed by atoms with Crippen LogP contribution in [-0.4, -0.2) is 23.4 Å². The van der Waals surface area contributed by atoms with Crippen LogP contribution < -0.4 is 4.72 Å². The van der Waals surface area contributed by atoms with Gasteiger partial charge in [-0.3, -0.25) is 4.98 Å². The monoisotopic (exact) mass is 266 g/mol. The van der Waals surface area contributed by atoms with Crippen LogP contribution in [0.2, 0.25) is 0 Å². The molecule has 0 bridgehead atoms. The van der Waals surface area contributed by atoms with Crippen LogP contribution in [-0.2, 0) is 16.6 Å². The molecule has 0 radical (unpaired) electrons. The van der Waals surface area contributed by atoms with Crippen LogP contribution in [0.25, 0.3) is 0 Å². The number of nitrogens with one attached hydrogen (secondary N) is 2. The Kier molecular flexibility index (Phi) is 3.44. The predicted octanol–water partition coefficient (Wildman–Crippen LogP) is 0.900. The van der Waals surface area contributed by atoms with Crippen LogP contribution in [0.4, 0.5) is 0 Å². The van der Waals surface area contributed by atoms with Gasteiger partial charge in [-0.15, -0.1) is 0 Å². The van der Waals surface area contributed by atoms with E-state index in [1.165, 1.54) is 6.20 Å². The van der Waals surface area contributed by atoms with Crippen LogP contribution in [0.15, 0.2) is 29.4 Å². The predicted molar refractivity (Wildman–Crippen MR) is 66.3 cm³/mol. The third-order valence-electron chi connectivity index (χ3n) is 2.36. The average Bonchev–Trinajstić information content (AvgIpc) is 2.74. The van der Waals surface area contributed by atoms with Gasteiger partial charge in [0.1, 0.15) is 5.82 Å². The normalized spacial score (nSPS) is 11.7. The van der Waals surface area contributed by atoms with Crippen molar-refractivity contribution in [1.29, 1.82) is 0 Å². The minimum Gasteiger partial charge on any atom is -0.332 e. The number of aromatic amines is 1. The fourth-order valence-corrected chi connectivity index (χ4v) is 2.45. The Bertz CT molecular complexity index is 649. The summed E-state index contributed by atoms with van der Waals surface area (Å²) in [4.78, 5) is 10.8. The Morgan fingerprint density at radius 3 is 2.72 bits per heavy atom. The zero-order chi connectivity index (χ0) is 13.2. The molecule has 2 rings (SSSR count). The molecule has 0 atom stereocenters. The van der Waals surface area contributed by atoms with Crippen LogP contribution in [0, 0.1) is 13.8 Å². The van der Waals surface area contributed by atoms with Gasteiger partial charge < -0.3 is 4.98 Å². The number of sulfonamides is 1. The number of rotatable bonds is 4. The van der Waals surface area contributed by atoms with E-state index in [-0.39, 0.29) is 11.6 Å². The molecule has 2 heterocycles. The van der Waals surface area contributed by atoms with Gasteiger partial charge in [0.2, 0.25) is 0 Å². The Labute approximate surface area is 106 Å². The van der Waals surface area contributed by atoms with E-state index in [0.29, 0.717) is 11.5 Å². The van der Waals surface area contributed by atoms with Crippen molar-refractivity contribution in [3.8, 4) is 0 Å². The summed E-state index contributed by atoms with van der Waals surface area (Å²) in [6.45, 7) is 3.71. The third kappa shape index (κ3) is 2.93. The van der Waals surface area contributed by atoms with E-state index in [0.717, 1.165) is 5.69 Å². The zero-order valence-corrected chi connectivity index (χ0v) is 11.0. The lowest BCUT2D eigenvalue weighted by atomic mass is 10.3. The van der Waals surface area contributed by atoms with E-state index in [4.69, 9.17) is 0 Å². The highest BCUT2D eigenvalue weighted by Gasteiger charge is 2.16. The smallest absolute Gasteiger partial charge is 0.257 e. The van der Waals surface area contributed by atoms with Gasteiger partial charge in [-0.1, -0.05) is 6.07 Å². The van der Waals surface area contributed by atoms with E-state index in [2.05, 4.69) is 19.7 Å². The van der Waals surface area contributed by atoms with Crippen molar-refractivity contribution < 1.29 is 8.42 Å². The summed E-state index contributed by atoms with van der Waals surface area (Å²) in [6.07, 6.45) is 1.29. The fourth-order valence-electron chi connectivity index (χ4n) is 1.48. The summed E-state index contributed by atoms with van der Waals surface area (Å²) in [6, 6.07) is 5.47. The number of hydrogen-bond acceptors (Lipinski definition) is 4. The molecular formula is C11H14N4O2S. The molecule has 2 N–H and O–H groups in total. The van der Waals surface area contributed by atoms with E-state index in [1.54, 1.807) is 13.0 Å². The fraction of sp³-hybridized carbons (Fsp3) is 0.273. The lowest BCUT2D eigenvalue weighted by molar-refractivity contribution is 0.577. The van der Waals surface area contributed by atoms with Gasteiger partial charge in [0.05, 0.1) is 18.4 Å². The maximum absolute atomic E-state index is 11.9. The molecule has 0 saturated heterocycles.